The van der Waals surface area contributed by atoms with Gasteiger partial charge in [-0.1, -0.05) is 35.6 Å². The van der Waals surface area contributed by atoms with E-state index in [-0.39, 0.29) is 17.0 Å². The number of hydrogen-bond acceptors (Lipinski definition) is 4. The fourth-order valence-electron chi connectivity index (χ4n) is 2.79. The predicted octanol–water partition coefficient (Wildman–Crippen LogP) is 4.93. The van der Waals surface area contributed by atoms with Crippen LogP contribution in [-0.4, -0.2) is 17.7 Å². The number of anilines is 1. The first kappa shape index (κ1) is 22.4. The highest BCUT2D eigenvalue weighted by Crippen LogP contribution is 2.27. The van der Waals surface area contributed by atoms with Crippen LogP contribution in [0.1, 0.15) is 4.88 Å². The summed E-state index contributed by atoms with van der Waals surface area (Å²) in [5.74, 6) is 0.802. The molecule has 0 aliphatic rings. The predicted molar refractivity (Wildman–Crippen MR) is 124 cm³/mol. The van der Waals surface area contributed by atoms with E-state index < -0.39 is 6.03 Å². The average molecular weight is 475 g/mol. The molecule has 2 amide bonds. The van der Waals surface area contributed by atoms with Crippen LogP contribution in [-0.2, 0) is 6.54 Å². The summed E-state index contributed by atoms with van der Waals surface area (Å²) in [7, 11) is 1.64. The molecule has 0 bridgehead atoms. The van der Waals surface area contributed by atoms with Crippen molar-refractivity contribution in [1.82, 2.24) is 9.99 Å². The monoisotopic (exact) mass is 474 g/mol. The number of nitrogens with zero attached hydrogens (tertiary/aromatic N) is 2. The summed E-state index contributed by atoms with van der Waals surface area (Å²) >= 11 is 1.51. The molecule has 0 fully saturated rings. The number of carbonyl (C=O) groups excluding carboxylic acids is 1. The molecule has 3 aromatic rings. The van der Waals surface area contributed by atoms with Gasteiger partial charge in [-0.3, -0.25) is 0 Å². The van der Waals surface area contributed by atoms with Gasteiger partial charge in [-0.05, 0) is 48.9 Å². The highest BCUT2D eigenvalue weighted by atomic mass is 79.9. The third kappa shape index (κ3) is 5.58. The average Bonchev–Trinajstić information content (AvgIpc) is 3.02. The largest absolute Gasteiger partial charge is 0.497 e. The van der Waals surface area contributed by atoms with Crippen LogP contribution < -0.4 is 20.3 Å². The second-order valence-electron chi connectivity index (χ2n) is 5.96. The molecule has 152 valence electrons. The zero-order valence-corrected chi connectivity index (χ0v) is 18.7. The van der Waals surface area contributed by atoms with E-state index in [0.717, 1.165) is 21.9 Å². The second-order valence-corrected chi connectivity index (χ2v) is 7.14. The summed E-state index contributed by atoms with van der Waals surface area (Å²) < 4.78 is 7.26. The lowest BCUT2D eigenvalue weighted by Gasteiger charge is -2.09. The van der Waals surface area contributed by atoms with Gasteiger partial charge < -0.3 is 14.6 Å². The van der Waals surface area contributed by atoms with E-state index in [4.69, 9.17) is 4.74 Å². The molecule has 0 saturated heterocycles. The molecule has 0 radical (unpaired) electrons. The van der Waals surface area contributed by atoms with Gasteiger partial charge in [0.15, 0.2) is 0 Å². The molecular weight excluding hydrogens is 452 g/mol. The molecule has 1 heterocycles. The molecule has 0 aliphatic carbocycles. The van der Waals surface area contributed by atoms with E-state index in [0.29, 0.717) is 17.0 Å². The fraction of sp³-hybridized carbons (Fsp3) is 0.143. The second kappa shape index (κ2) is 10.6. The maximum absolute atomic E-state index is 12.1. The van der Waals surface area contributed by atoms with Gasteiger partial charge >= 0.3 is 6.03 Å². The van der Waals surface area contributed by atoms with Crippen molar-refractivity contribution in [2.45, 2.75) is 13.5 Å². The first-order valence-corrected chi connectivity index (χ1v) is 9.55. The minimum atomic E-state index is -0.395. The zero-order chi connectivity index (χ0) is 19.9. The van der Waals surface area contributed by atoms with E-state index in [1.807, 2.05) is 72.2 Å². The molecule has 0 aliphatic heterocycles. The van der Waals surface area contributed by atoms with Gasteiger partial charge in [0.05, 0.1) is 12.8 Å². The van der Waals surface area contributed by atoms with Gasteiger partial charge in [0, 0.05) is 17.1 Å². The number of nitrogens with one attached hydrogen (secondary N) is 2. The Kier molecular flexibility index (Phi) is 8.23. The number of thiazole rings is 1. The maximum Gasteiger partial charge on any atom is 0.339 e. The smallest absolute Gasteiger partial charge is 0.339 e. The quantitative estimate of drug-likeness (QED) is 0.392. The Bertz CT molecular complexity index is 1030. The van der Waals surface area contributed by atoms with E-state index in [2.05, 4.69) is 22.4 Å². The number of para-hydroxylation sites is 1. The first-order chi connectivity index (χ1) is 13.6. The number of benzene rings is 2. The van der Waals surface area contributed by atoms with E-state index >= 15 is 0 Å². The van der Waals surface area contributed by atoms with Crippen LogP contribution in [0, 0.1) is 6.92 Å². The summed E-state index contributed by atoms with van der Waals surface area (Å²) in [5, 5.41) is 7.06. The topological polar surface area (TPSA) is 67.6 Å². The highest BCUT2D eigenvalue weighted by molar-refractivity contribution is 8.93. The molecule has 29 heavy (non-hydrogen) atoms. The first-order valence-electron chi connectivity index (χ1n) is 8.73. The summed E-state index contributed by atoms with van der Waals surface area (Å²) in [5.41, 5.74) is 5.36. The Morgan fingerprint density at radius 2 is 1.90 bits per heavy atom. The van der Waals surface area contributed by atoms with Crippen LogP contribution >= 0.6 is 28.3 Å². The number of aryl methyl sites for hydroxylation is 1. The molecule has 0 atom stereocenters. The number of carbonyl (C=O) groups is 1. The van der Waals surface area contributed by atoms with Gasteiger partial charge in [0.25, 0.3) is 0 Å². The van der Waals surface area contributed by atoms with Crippen molar-refractivity contribution in [3.05, 3.63) is 76.9 Å². The van der Waals surface area contributed by atoms with Gasteiger partial charge in [0.1, 0.15) is 5.75 Å². The number of allylic oxidation sites excluding steroid dienone is 1. The Morgan fingerprint density at radius 1 is 1.21 bits per heavy atom. The van der Waals surface area contributed by atoms with Gasteiger partial charge in [-0.2, -0.15) is 0 Å². The Labute approximate surface area is 184 Å². The zero-order valence-electron chi connectivity index (χ0n) is 16.2. The Hall–Kier alpha value is -2.84. The van der Waals surface area contributed by atoms with Crippen molar-refractivity contribution < 1.29 is 9.53 Å². The maximum atomic E-state index is 12.1. The highest BCUT2D eigenvalue weighted by Gasteiger charge is 2.12. The minimum Gasteiger partial charge on any atom is -0.497 e. The Balaban J connectivity index is 0.00000300. The lowest BCUT2D eigenvalue weighted by molar-refractivity contribution is 0.252. The normalized spacial score (nSPS) is 10.8. The minimum absolute atomic E-state index is 0. The van der Waals surface area contributed by atoms with Gasteiger partial charge in [-0.25, -0.2) is 10.2 Å². The molecule has 6 nitrogen and oxygen atoms in total. The van der Waals surface area contributed by atoms with Crippen LogP contribution in [0.5, 0.6) is 5.75 Å². The number of hydrogen-bond donors (Lipinski definition) is 2. The molecule has 2 aromatic carbocycles. The number of aromatic nitrogens is 1. The van der Waals surface area contributed by atoms with E-state index in [9.17, 15) is 4.79 Å². The molecule has 0 spiro atoms. The number of halogens is 1. The van der Waals surface area contributed by atoms with Crippen LogP contribution in [0.15, 0.2) is 72.4 Å². The summed E-state index contributed by atoms with van der Waals surface area (Å²) in [4.78, 5) is 13.9. The summed E-state index contributed by atoms with van der Waals surface area (Å²) in [6, 6.07) is 16.7. The SMILES string of the molecule is Br.C=CCn1c(-c2ccc(OC)cc2)c(C)s/c1=N\NC(=O)Nc1ccccc1. The van der Waals surface area contributed by atoms with E-state index in [1.165, 1.54) is 11.3 Å². The van der Waals surface area contributed by atoms with Crippen molar-refractivity contribution in [3.8, 4) is 17.0 Å². The number of ether oxygens (including phenoxy) is 1. The molecule has 8 heteroatoms. The summed E-state index contributed by atoms with van der Waals surface area (Å²) in [6.07, 6.45) is 1.81. The standard InChI is InChI=1S/C21H22N4O2S.BrH/c1-4-14-25-19(16-10-12-18(27-3)13-11-16)15(2)28-21(25)24-23-20(26)22-17-8-6-5-7-9-17;/h4-13H,1,14H2,2-3H3,(H2,22,23,26);1H/b24-21-;. The lowest BCUT2D eigenvalue weighted by Crippen LogP contribution is -2.28. The molecule has 3 rings (SSSR count). The lowest BCUT2D eigenvalue weighted by atomic mass is 10.1. The van der Waals surface area contributed by atoms with Crippen molar-refractivity contribution >= 4 is 40.0 Å². The van der Waals surface area contributed by atoms with Crippen molar-refractivity contribution in [2.75, 3.05) is 12.4 Å². The van der Waals surface area contributed by atoms with Crippen molar-refractivity contribution in [3.63, 3.8) is 0 Å². The van der Waals surface area contributed by atoms with Crippen LogP contribution in [0.4, 0.5) is 10.5 Å². The number of amides is 2. The molecule has 2 N–H and O–H groups in total. The van der Waals surface area contributed by atoms with Crippen molar-refractivity contribution in [1.29, 1.82) is 0 Å². The Morgan fingerprint density at radius 3 is 2.52 bits per heavy atom. The summed E-state index contributed by atoms with van der Waals surface area (Å²) in [6.45, 7) is 6.45. The number of urea groups is 1. The van der Waals surface area contributed by atoms with Crippen LogP contribution in [0.2, 0.25) is 0 Å². The number of methoxy groups -OCH3 is 1. The van der Waals surface area contributed by atoms with Gasteiger partial charge in [-0.15, -0.1) is 28.7 Å². The third-order valence-electron chi connectivity index (χ3n) is 4.04. The van der Waals surface area contributed by atoms with Crippen LogP contribution in [0.25, 0.3) is 11.3 Å². The molecule has 0 saturated carbocycles. The molecular formula is C21H23BrN4O2S. The van der Waals surface area contributed by atoms with Crippen LogP contribution in [0.3, 0.4) is 0 Å². The van der Waals surface area contributed by atoms with Gasteiger partial charge in [0.2, 0.25) is 4.80 Å². The molecule has 1 aromatic heterocycles. The number of rotatable bonds is 6. The molecule has 0 unspecified atom stereocenters. The fourth-order valence-corrected chi connectivity index (χ4v) is 3.76. The van der Waals surface area contributed by atoms with Crippen molar-refractivity contribution in [2.24, 2.45) is 5.10 Å². The van der Waals surface area contributed by atoms with E-state index in [1.54, 1.807) is 7.11 Å². The third-order valence-corrected chi connectivity index (χ3v) is 5.03.